The summed E-state index contributed by atoms with van der Waals surface area (Å²) in [7, 11) is 3.50. The van der Waals surface area contributed by atoms with Crippen LogP contribution in [-0.4, -0.2) is 26.6 Å². The van der Waals surface area contributed by atoms with Crippen molar-refractivity contribution < 1.29 is 9.53 Å². The summed E-state index contributed by atoms with van der Waals surface area (Å²) in [4.78, 5) is 11.8. The lowest BCUT2D eigenvalue weighted by Gasteiger charge is -2.13. The number of allylic oxidation sites excluding steroid dienone is 1. The van der Waals surface area contributed by atoms with Crippen molar-refractivity contribution in [2.45, 2.75) is 25.2 Å². The van der Waals surface area contributed by atoms with Crippen LogP contribution in [0, 0.1) is 0 Å². The molecule has 0 saturated heterocycles. The van der Waals surface area contributed by atoms with Crippen molar-refractivity contribution >= 4 is 35.4 Å². The molecule has 0 aliphatic carbocycles. The van der Waals surface area contributed by atoms with Gasteiger partial charge in [-0.2, -0.15) is 0 Å². The number of benzene rings is 2. The van der Waals surface area contributed by atoms with E-state index in [-0.39, 0.29) is 5.91 Å². The van der Waals surface area contributed by atoms with Gasteiger partial charge < -0.3 is 15.4 Å². The predicted octanol–water partition coefficient (Wildman–Crippen LogP) is 5.28. The van der Waals surface area contributed by atoms with Crippen LogP contribution in [0.15, 0.2) is 60.5 Å². The number of methoxy groups -OCH3 is 1. The Bertz CT molecular complexity index is 831. The smallest absolute Gasteiger partial charge is 0.216 e. The Balaban J connectivity index is 0.000000330. The molecule has 150 valence electrons. The van der Waals surface area contributed by atoms with Gasteiger partial charge in [0.2, 0.25) is 5.91 Å². The molecule has 0 spiro atoms. The number of rotatable bonds is 7. The average Bonchev–Trinajstić information content (AvgIpc) is 2.67. The van der Waals surface area contributed by atoms with Gasteiger partial charge in [-0.3, -0.25) is 4.79 Å². The number of amides is 1. The van der Waals surface area contributed by atoms with Crippen LogP contribution in [0.3, 0.4) is 0 Å². The van der Waals surface area contributed by atoms with Crippen LogP contribution >= 0.6 is 12.6 Å². The molecular weight excluding hydrogens is 368 g/mol. The molecule has 0 aromatic heterocycles. The third-order valence-corrected chi connectivity index (χ3v) is 4.43. The number of carbonyl (C=O) groups is 1. The van der Waals surface area contributed by atoms with Crippen LogP contribution in [0.2, 0.25) is 0 Å². The predicted molar refractivity (Wildman–Crippen MR) is 123 cm³/mol. The number of thiol groups is 1. The molecule has 28 heavy (non-hydrogen) atoms. The van der Waals surface area contributed by atoms with Gasteiger partial charge in [0.1, 0.15) is 5.75 Å². The molecule has 0 radical (unpaired) electrons. The maximum Gasteiger partial charge on any atom is 0.216 e. The minimum absolute atomic E-state index is 0.0257. The van der Waals surface area contributed by atoms with E-state index in [9.17, 15) is 4.79 Å². The third-order valence-electron chi connectivity index (χ3n) is 4.04. The van der Waals surface area contributed by atoms with Gasteiger partial charge in [0.15, 0.2) is 0 Å². The first-order valence-electron chi connectivity index (χ1n) is 9.02. The lowest BCUT2D eigenvalue weighted by atomic mass is 10.0. The summed E-state index contributed by atoms with van der Waals surface area (Å²) in [6, 6.07) is 13.7. The van der Waals surface area contributed by atoms with Crippen molar-refractivity contribution in [3.63, 3.8) is 0 Å². The van der Waals surface area contributed by atoms with Gasteiger partial charge in [-0.05, 0) is 54.3 Å². The molecule has 5 heteroatoms. The fraction of sp³-hybridized carbons (Fsp3) is 0.261. The van der Waals surface area contributed by atoms with E-state index < -0.39 is 0 Å². The van der Waals surface area contributed by atoms with Gasteiger partial charge in [-0.1, -0.05) is 31.4 Å². The van der Waals surface area contributed by atoms with Crippen molar-refractivity contribution in [3.8, 4) is 5.75 Å². The first kappa shape index (κ1) is 23.4. The summed E-state index contributed by atoms with van der Waals surface area (Å²) >= 11 is 4.28. The lowest BCUT2D eigenvalue weighted by molar-refractivity contribution is -0.118. The van der Waals surface area contributed by atoms with Crippen molar-refractivity contribution in [3.05, 3.63) is 66.7 Å². The highest BCUT2D eigenvalue weighted by atomic mass is 32.1. The van der Waals surface area contributed by atoms with E-state index >= 15 is 0 Å². The van der Waals surface area contributed by atoms with E-state index in [0.717, 1.165) is 38.6 Å². The highest BCUT2D eigenvalue weighted by Crippen LogP contribution is 2.28. The Labute approximate surface area is 174 Å². The van der Waals surface area contributed by atoms with Crippen molar-refractivity contribution in [2.24, 2.45) is 0 Å². The lowest BCUT2D eigenvalue weighted by Crippen LogP contribution is -2.21. The topological polar surface area (TPSA) is 50.4 Å². The minimum atomic E-state index is -0.0257. The van der Waals surface area contributed by atoms with Gasteiger partial charge in [0.05, 0.1) is 7.11 Å². The molecule has 0 aliphatic rings. The second-order valence-electron chi connectivity index (χ2n) is 6.30. The van der Waals surface area contributed by atoms with Crippen LogP contribution < -0.4 is 15.4 Å². The Hall–Kier alpha value is -2.66. The van der Waals surface area contributed by atoms with Crippen LogP contribution in [0.4, 0.5) is 5.69 Å². The molecule has 2 aromatic rings. The number of anilines is 1. The third kappa shape index (κ3) is 7.53. The molecule has 2 rings (SSSR count). The van der Waals surface area contributed by atoms with Crippen LogP contribution in [0.1, 0.15) is 31.4 Å². The zero-order valence-corrected chi connectivity index (χ0v) is 18.0. The summed E-state index contributed by atoms with van der Waals surface area (Å²) in [6.07, 6.45) is 0.710. The molecule has 0 heterocycles. The number of hydrogen-bond acceptors (Lipinski definition) is 4. The highest BCUT2D eigenvalue weighted by molar-refractivity contribution is 7.80. The standard InChI is InChI=1S/C14H20N2O2.C9H10S/c1-10(7-8-16-11(2)17)13-9-12(18-4)5-6-14(13)15-3;1-7(2)8-5-3-4-6-9(8)10/h5-6,9,15H,1,7-8H2,2-4H3,(H,16,17);3-6,10H,1H2,2H3. The Morgan fingerprint density at radius 2 is 1.79 bits per heavy atom. The van der Waals surface area contributed by atoms with Crippen molar-refractivity contribution in [1.82, 2.24) is 5.32 Å². The van der Waals surface area contributed by atoms with Gasteiger partial charge in [0, 0.05) is 36.7 Å². The zero-order chi connectivity index (χ0) is 21.1. The second kappa shape index (κ2) is 11.9. The molecule has 0 bridgehead atoms. The van der Waals surface area contributed by atoms with Gasteiger partial charge in [-0.25, -0.2) is 0 Å². The second-order valence-corrected chi connectivity index (χ2v) is 6.78. The highest BCUT2D eigenvalue weighted by Gasteiger charge is 2.07. The summed E-state index contributed by atoms with van der Waals surface area (Å²) in [5.74, 6) is 0.770. The fourth-order valence-corrected chi connectivity index (χ4v) is 2.87. The van der Waals surface area contributed by atoms with E-state index in [1.165, 1.54) is 6.92 Å². The number of hydrogen-bond donors (Lipinski definition) is 3. The maximum atomic E-state index is 10.8. The van der Waals surface area contributed by atoms with Crippen molar-refractivity contribution in [2.75, 3.05) is 26.0 Å². The van der Waals surface area contributed by atoms with Crippen LogP contribution in [-0.2, 0) is 4.79 Å². The SMILES string of the molecule is C=C(C)c1ccccc1S.C=C(CCNC(C)=O)c1cc(OC)ccc1NC. The molecular formula is C23H30N2O2S. The molecule has 0 fully saturated rings. The van der Waals surface area contributed by atoms with E-state index in [4.69, 9.17) is 4.74 Å². The summed E-state index contributed by atoms with van der Waals surface area (Å²) < 4.78 is 5.21. The quantitative estimate of drug-likeness (QED) is 0.556. The zero-order valence-electron chi connectivity index (χ0n) is 17.1. The summed E-state index contributed by atoms with van der Waals surface area (Å²) in [6.45, 7) is 12.0. The maximum absolute atomic E-state index is 10.8. The van der Waals surface area contributed by atoms with Crippen LogP contribution in [0.25, 0.3) is 11.1 Å². The van der Waals surface area contributed by atoms with E-state index in [1.54, 1.807) is 7.11 Å². The molecule has 2 aromatic carbocycles. The van der Waals surface area contributed by atoms with Crippen LogP contribution in [0.5, 0.6) is 5.75 Å². The van der Waals surface area contributed by atoms with Gasteiger partial charge >= 0.3 is 0 Å². The summed E-state index contributed by atoms with van der Waals surface area (Å²) in [5, 5.41) is 5.88. The van der Waals surface area contributed by atoms with Gasteiger partial charge in [-0.15, -0.1) is 12.6 Å². The van der Waals surface area contributed by atoms with E-state index in [0.29, 0.717) is 13.0 Å². The number of nitrogens with one attached hydrogen (secondary N) is 2. The van der Waals surface area contributed by atoms with E-state index in [1.807, 2.05) is 56.4 Å². The summed E-state index contributed by atoms with van der Waals surface area (Å²) in [5.41, 5.74) is 5.18. The Morgan fingerprint density at radius 3 is 2.29 bits per heavy atom. The molecule has 1 amide bonds. The average molecular weight is 399 g/mol. The number of carbonyl (C=O) groups excluding carboxylic acids is 1. The molecule has 4 nitrogen and oxygen atoms in total. The van der Waals surface area contributed by atoms with E-state index in [2.05, 4.69) is 36.4 Å². The first-order valence-corrected chi connectivity index (χ1v) is 9.47. The molecule has 0 atom stereocenters. The Morgan fingerprint density at radius 1 is 1.11 bits per heavy atom. The monoisotopic (exact) mass is 398 g/mol. The van der Waals surface area contributed by atoms with Gasteiger partial charge in [0.25, 0.3) is 0 Å². The number of ether oxygens (including phenoxy) is 1. The minimum Gasteiger partial charge on any atom is -0.497 e. The first-order chi connectivity index (χ1) is 13.3. The Kier molecular flexibility index (Phi) is 9.96. The normalized spacial score (nSPS) is 9.61. The molecule has 0 saturated carbocycles. The molecule has 0 aliphatic heterocycles. The fourth-order valence-electron chi connectivity index (χ4n) is 2.52. The molecule has 2 N–H and O–H groups in total. The largest absolute Gasteiger partial charge is 0.497 e. The molecule has 0 unspecified atom stereocenters. The van der Waals surface area contributed by atoms with Crippen molar-refractivity contribution in [1.29, 1.82) is 0 Å².